The van der Waals surface area contributed by atoms with Crippen molar-refractivity contribution < 1.29 is 18.8 Å². The molecular weight excluding hydrogens is 372 g/mol. The third-order valence-corrected chi connectivity index (χ3v) is 5.42. The smallest absolute Gasteiger partial charge is 0.316 e. The lowest BCUT2D eigenvalue weighted by Crippen LogP contribution is -2.39. The number of rotatable bonds is 5. The van der Waals surface area contributed by atoms with Gasteiger partial charge < -0.3 is 19.5 Å². The van der Waals surface area contributed by atoms with Gasteiger partial charge in [-0.1, -0.05) is 37.8 Å². The second kappa shape index (κ2) is 8.63. The Morgan fingerprint density at radius 2 is 2.03 bits per heavy atom. The molecule has 0 unspecified atom stereocenters. The van der Waals surface area contributed by atoms with Crippen molar-refractivity contribution in [1.82, 2.24) is 15.5 Å². The molecule has 154 valence electrons. The summed E-state index contributed by atoms with van der Waals surface area (Å²) in [6.45, 7) is 2.68. The van der Waals surface area contributed by atoms with Crippen LogP contribution in [-0.2, 0) is 4.79 Å². The molecule has 1 fully saturated rings. The summed E-state index contributed by atoms with van der Waals surface area (Å²) >= 11 is 0. The molecule has 0 spiro atoms. The predicted octanol–water partition coefficient (Wildman–Crippen LogP) is 3.32. The summed E-state index contributed by atoms with van der Waals surface area (Å²) in [5, 5.41) is 6.97. The average Bonchev–Trinajstić information content (AvgIpc) is 3.09. The van der Waals surface area contributed by atoms with Crippen molar-refractivity contribution in [3.8, 4) is 17.1 Å². The molecule has 2 heterocycles. The molecule has 29 heavy (non-hydrogen) atoms. The van der Waals surface area contributed by atoms with E-state index in [0.29, 0.717) is 23.7 Å². The van der Waals surface area contributed by atoms with E-state index in [0.717, 1.165) is 37.8 Å². The van der Waals surface area contributed by atoms with Crippen LogP contribution in [0.4, 0.5) is 5.69 Å². The Balaban J connectivity index is 1.49. The fourth-order valence-corrected chi connectivity index (χ4v) is 3.92. The zero-order chi connectivity index (χ0) is 20.2. The van der Waals surface area contributed by atoms with Crippen molar-refractivity contribution in [2.24, 2.45) is 0 Å². The number of carbonyl (C=O) groups excluding carboxylic acids is 2. The molecular formula is C21H26N4O4. The number of benzene rings is 1. The first-order valence-electron chi connectivity index (χ1n) is 10.4. The lowest BCUT2D eigenvalue weighted by Gasteiger charge is -2.29. The van der Waals surface area contributed by atoms with Gasteiger partial charge in [0.25, 0.3) is 5.91 Å². The molecule has 2 amide bonds. The van der Waals surface area contributed by atoms with Crippen LogP contribution >= 0.6 is 0 Å². The van der Waals surface area contributed by atoms with Gasteiger partial charge in [0.1, 0.15) is 5.75 Å². The fraction of sp³-hybridized carbons (Fsp3) is 0.524. The van der Waals surface area contributed by atoms with Crippen molar-refractivity contribution in [3.05, 3.63) is 24.1 Å². The summed E-state index contributed by atoms with van der Waals surface area (Å²) in [6, 6.07) is 5.57. The highest BCUT2D eigenvalue weighted by Crippen LogP contribution is 2.35. The number of amides is 2. The molecule has 1 saturated carbocycles. The number of carbonyl (C=O) groups is 2. The van der Waals surface area contributed by atoms with Gasteiger partial charge in [-0.15, -0.1) is 0 Å². The Morgan fingerprint density at radius 1 is 1.24 bits per heavy atom. The summed E-state index contributed by atoms with van der Waals surface area (Å²) in [4.78, 5) is 30.5. The van der Waals surface area contributed by atoms with Gasteiger partial charge in [0.15, 0.2) is 6.61 Å². The quantitative estimate of drug-likeness (QED) is 0.776. The van der Waals surface area contributed by atoms with Gasteiger partial charge in [-0.25, -0.2) is 0 Å². The molecule has 0 atom stereocenters. The number of anilines is 1. The molecule has 2 aromatic rings. The highest BCUT2D eigenvalue weighted by Gasteiger charge is 2.26. The van der Waals surface area contributed by atoms with Crippen LogP contribution in [-0.4, -0.2) is 41.1 Å². The van der Waals surface area contributed by atoms with E-state index in [-0.39, 0.29) is 30.4 Å². The molecule has 1 aliphatic carbocycles. The van der Waals surface area contributed by atoms with Crippen molar-refractivity contribution in [2.75, 3.05) is 18.1 Å². The molecule has 8 heteroatoms. The van der Waals surface area contributed by atoms with E-state index < -0.39 is 0 Å². The monoisotopic (exact) mass is 398 g/mol. The van der Waals surface area contributed by atoms with Crippen LogP contribution in [0.2, 0.25) is 0 Å². The molecule has 8 nitrogen and oxygen atoms in total. The molecule has 2 aliphatic rings. The van der Waals surface area contributed by atoms with Crippen molar-refractivity contribution >= 4 is 17.5 Å². The number of hydrogen-bond acceptors (Lipinski definition) is 6. The van der Waals surface area contributed by atoms with Crippen LogP contribution < -0.4 is 15.0 Å². The van der Waals surface area contributed by atoms with E-state index in [2.05, 4.69) is 15.5 Å². The Kier molecular flexibility index (Phi) is 5.78. The van der Waals surface area contributed by atoms with Crippen LogP contribution in [0.25, 0.3) is 11.4 Å². The van der Waals surface area contributed by atoms with Gasteiger partial charge in [-0.2, -0.15) is 4.98 Å². The minimum atomic E-state index is -0.329. The lowest BCUT2D eigenvalue weighted by atomic mass is 10.1. The Hall–Kier alpha value is -2.90. The topological polar surface area (TPSA) is 97.6 Å². The second-order valence-electron chi connectivity index (χ2n) is 7.60. The number of aromatic nitrogens is 2. The van der Waals surface area contributed by atoms with E-state index in [1.807, 2.05) is 13.0 Å². The third kappa shape index (κ3) is 4.26. The number of hydrogen-bond donors (Lipinski definition) is 1. The number of ether oxygens (including phenoxy) is 1. The van der Waals surface area contributed by atoms with Gasteiger partial charge in [0, 0.05) is 18.2 Å². The Bertz CT molecular complexity index is 887. The fourth-order valence-electron chi connectivity index (χ4n) is 3.92. The number of fused-ring (bicyclic) bond motifs is 1. The molecule has 1 aromatic heterocycles. The maximum absolute atomic E-state index is 12.5. The molecule has 0 bridgehead atoms. The van der Waals surface area contributed by atoms with Crippen LogP contribution in [0.3, 0.4) is 0 Å². The van der Waals surface area contributed by atoms with Crippen LogP contribution in [0, 0.1) is 0 Å². The standard InChI is InChI=1S/C21H26N4O4/c1-2-11-25-16-10-9-14(12-17(16)28-13-18(25)26)19-23-21(29-24-19)20(27)22-15-7-5-3-4-6-8-15/h9-10,12,15H,2-8,11,13H2,1H3,(H,22,27). The molecule has 1 aliphatic heterocycles. The van der Waals surface area contributed by atoms with E-state index in [4.69, 9.17) is 9.26 Å². The molecule has 1 aromatic carbocycles. The highest BCUT2D eigenvalue weighted by atomic mass is 16.5. The maximum atomic E-state index is 12.5. The predicted molar refractivity (Wildman–Crippen MR) is 107 cm³/mol. The minimum absolute atomic E-state index is 0.0116. The first-order valence-corrected chi connectivity index (χ1v) is 10.4. The van der Waals surface area contributed by atoms with Crippen molar-refractivity contribution in [2.45, 2.75) is 57.9 Å². The summed E-state index contributed by atoms with van der Waals surface area (Å²) in [5.41, 5.74) is 1.41. The zero-order valence-electron chi connectivity index (χ0n) is 16.6. The van der Waals surface area contributed by atoms with E-state index in [9.17, 15) is 9.59 Å². The van der Waals surface area contributed by atoms with E-state index in [1.165, 1.54) is 12.8 Å². The number of nitrogens with zero attached hydrogens (tertiary/aromatic N) is 3. The molecule has 1 N–H and O–H groups in total. The van der Waals surface area contributed by atoms with Gasteiger partial charge in [0.2, 0.25) is 5.82 Å². The Morgan fingerprint density at radius 3 is 2.79 bits per heavy atom. The number of nitrogens with one attached hydrogen (secondary N) is 1. The summed E-state index contributed by atoms with van der Waals surface area (Å²) in [6.07, 6.45) is 7.54. The largest absolute Gasteiger partial charge is 0.482 e. The summed E-state index contributed by atoms with van der Waals surface area (Å²) in [7, 11) is 0. The third-order valence-electron chi connectivity index (χ3n) is 5.42. The molecule has 4 rings (SSSR count). The van der Waals surface area contributed by atoms with Crippen LogP contribution in [0.1, 0.15) is 62.6 Å². The maximum Gasteiger partial charge on any atom is 0.316 e. The summed E-state index contributed by atoms with van der Waals surface area (Å²) < 4.78 is 10.8. The normalized spacial score (nSPS) is 17.4. The molecule has 0 radical (unpaired) electrons. The zero-order valence-corrected chi connectivity index (χ0v) is 16.6. The van der Waals surface area contributed by atoms with Gasteiger partial charge in [-0.3, -0.25) is 9.59 Å². The highest BCUT2D eigenvalue weighted by molar-refractivity contribution is 5.98. The minimum Gasteiger partial charge on any atom is -0.482 e. The summed E-state index contributed by atoms with van der Waals surface area (Å²) in [5.74, 6) is 0.505. The van der Waals surface area contributed by atoms with E-state index in [1.54, 1.807) is 17.0 Å². The van der Waals surface area contributed by atoms with Crippen molar-refractivity contribution in [3.63, 3.8) is 0 Å². The second-order valence-corrected chi connectivity index (χ2v) is 7.60. The van der Waals surface area contributed by atoms with E-state index >= 15 is 0 Å². The Labute approximate surface area is 169 Å². The first-order chi connectivity index (χ1) is 14.2. The SMILES string of the molecule is CCCN1C(=O)COc2cc(-c3noc(C(=O)NC4CCCCCC4)n3)ccc21. The van der Waals surface area contributed by atoms with Crippen molar-refractivity contribution in [1.29, 1.82) is 0 Å². The first kappa shape index (κ1) is 19.4. The van der Waals surface area contributed by atoms with Gasteiger partial charge in [-0.05, 0) is 37.5 Å². The lowest BCUT2D eigenvalue weighted by molar-refractivity contribution is -0.121. The van der Waals surface area contributed by atoms with Crippen LogP contribution in [0.15, 0.2) is 22.7 Å². The van der Waals surface area contributed by atoms with Gasteiger partial charge in [0.05, 0.1) is 5.69 Å². The average molecular weight is 398 g/mol. The molecule has 0 saturated heterocycles. The van der Waals surface area contributed by atoms with Crippen LogP contribution in [0.5, 0.6) is 5.75 Å². The van der Waals surface area contributed by atoms with Gasteiger partial charge >= 0.3 is 11.8 Å².